The molecule has 2 fully saturated rings. The van der Waals surface area contributed by atoms with Crippen LogP contribution >= 0.6 is 0 Å². The van der Waals surface area contributed by atoms with Crippen LogP contribution in [0.4, 0.5) is 0 Å². The van der Waals surface area contributed by atoms with Crippen LogP contribution in [0.15, 0.2) is 12.7 Å². The Kier molecular flexibility index (Phi) is 4.61. The third kappa shape index (κ3) is 3.14. The van der Waals surface area contributed by atoms with Crippen molar-refractivity contribution in [3.63, 3.8) is 0 Å². The van der Waals surface area contributed by atoms with E-state index in [4.69, 9.17) is 0 Å². The highest BCUT2D eigenvalue weighted by Crippen LogP contribution is 2.63. The molecule has 0 aromatic heterocycles. The molecule has 128 valence electrons. The van der Waals surface area contributed by atoms with Crippen molar-refractivity contribution in [1.29, 1.82) is 0 Å². The van der Waals surface area contributed by atoms with Gasteiger partial charge in [-0.25, -0.2) is 0 Å². The van der Waals surface area contributed by atoms with Crippen LogP contribution in [0.25, 0.3) is 0 Å². The molecule has 0 radical (unpaired) electrons. The summed E-state index contributed by atoms with van der Waals surface area (Å²) >= 11 is 0. The molecule has 2 aliphatic carbocycles. The van der Waals surface area contributed by atoms with E-state index in [1.54, 1.807) is 6.08 Å². The molecule has 0 unspecified atom stereocenters. The lowest BCUT2D eigenvalue weighted by Gasteiger charge is -2.61. The molecule has 0 spiro atoms. The molecule has 0 amide bonds. The molecule has 0 aromatic rings. The Bertz CT molecular complexity index is 421. The average molecular weight is 309 g/mol. The Labute approximate surface area is 137 Å². The van der Waals surface area contributed by atoms with Crippen molar-refractivity contribution < 1.29 is 10.2 Å². The topological polar surface area (TPSA) is 40.5 Å². The van der Waals surface area contributed by atoms with Gasteiger partial charge in [0.1, 0.15) is 0 Å². The molecule has 2 rings (SSSR count). The molecule has 0 saturated heterocycles. The maximum Gasteiger partial charge on any atom is 0.0797 e. The molecule has 0 aliphatic heterocycles. The van der Waals surface area contributed by atoms with Crippen molar-refractivity contribution in [3.05, 3.63) is 12.7 Å². The molecule has 2 saturated carbocycles. The van der Waals surface area contributed by atoms with E-state index in [1.807, 2.05) is 13.8 Å². The average Bonchev–Trinajstić information content (AvgIpc) is 2.35. The van der Waals surface area contributed by atoms with Crippen LogP contribution in [0.1, 0.15) is 79.6 Å². The summed E-state index contributed by atoms with van der Waals surface area (Å²) in [5.41, 5.74) is -0.900. The Morgan fingerprint density at radius 1 is 1.18 bits per heavy atom. The van der Waals surface area contributed by atoms with Crippen LogP contribution in [0.2, 0.25) is 0 Å². The largest absolute Gasteiger partial charge is 0.390 e. The molecule has 5 atom stereocenters. The van der Waals surface area contributed by atoms with Crippen LogP contribution in [-0.2, 0) is 0 Å². The van der Waals surface area contributed by atoms with Crippen LogP contribution in [0, 0.1) is 22.7 Å². The summed E-state index contributed by atoms with van der Waals surface area (Å²) in [7, 11) is 0. The highest BCUT2D eigenvalue weighted by Gasteiger charge is 2.57. The number of aliphatic hydroxyl groups is 2. The van der Waals surface area contributed by atoms with Gasteiger partial charge in [0.15, 0.2) is 0 Å². The van der Waals surface area contributed by atoms with E-state index < -0.39 is 11.2 Å². The summed E-state index contributed by atoms with van der Waals surface area (Å²) in [6, 6.07) is 0. The molecule has 0 heterocycles. The molecule has 2 heteroatoms. The number of hydrogen-bond acceptors (Lipinski definition) is 2. The fraction of sp³-hybridized carbons (Fsp3) is 0.900. The lowest BCUT2D eigenvalue weighted by Crippen LogP contribution is -2.57. The second kappa shape index (κ2) is 5.63. The van der Waals surface area contributed by atoms with E-state index in [9.17, 15) is 10.2 Å². The van der Waals surface area contributed by atoms with Gasteiger partial charge in [0.05, 0.1) is 11.2 Å². The minimum absolute atomic E-state index is 0.181. The third-order valence-electron chi connectivity index (χ3n) is 7.14. The first-order chi connectivity index (χ1) is 9.95. The second-order valence-electron chi connectivity index (χ2n) is 9.45. The number of fused-ring (bicyclic) bond motifs is 1. The van der Waals surface area contributed by atoms with Gasteiger partial charge in [0.25, 0.3) is 0 Å². The van der Waals surface area contributed by atoms with E-state index in [0.29, 0.717) is 17.8 Å². The highest BCUT2D eigenvalue weighted by atomic mass is 16.3. The summed E-state index contributed by atoms with van der Waals surface area (Å²) in [6.07, 6.45) is 8.96. The van der Waals surface area contributed by atoms with Gasteiger partial charge >= 0.3 is 0 Å². The predicted octanol–water partition coefficient (Wildman–Crippen LogP) is 4.70. The van der Waals surface area contributed by atoms with E-state index >= 15 is 0 Å². The molecule has 0 bridgehead atoms. The van der Waals surface area contributed by atoms with Crippen molar-refractivity contribution in [2.45, 2.75) is 90.8 Å². The molecular formula is C20H36O2. The fourth-order valence-electron chi connectivity index (χ4n) is 5.80. The summed E-state index contributed by atoms with van der Waals surface area (Å²) in [6.45, 7) is 14.8. The SMILES string of the molecule is C=C[C@@](C)(O)CC[C@H]1[C@@]2(C)CCCC(C)(C)[C@H]2CC[C@]1(C)O. The predicted molar refractivity (Wildman–Crippen MR) is 92.6 cm³/mol. The zero-order chi connectivity index (χ0) is 16.8. The normalized spacial score (nSPS) is 44.0. The third-order valence-corrected chi connectivity index (χ3v) is 7.14. The second-order valence-corrected chi connectivity index (χ2v) is 9.45. The Morgan fingerprint density at radius 2 is 1.82 bits per heavy atom. The lowest BCUT2D eigenvalue weighted by molar-refractivity contribution is -0.171. The van der Waals surface area contributed by atoms with Gasteiger partial charge in [0.2, 0.25) is 0 Å². The number of hydrogen-bond donors (Lipinski definition) is 2. The van der Waals surface area contributed by atoms with Crippen molar-refractivity contribution >= 4 is 0 Å². The van der Waals surface area contributed by atoms with Gasteiger partial charge in [0, 0.05) is 0 Å². The smallest absolute Gasteiger partial charge is 0.0797 e. The van der Waals surface area contributed by atoms with Gasteiger partial charge in [-0.2, -0.15) is 0 Å². The Balaban J connectivity index is 2.28. The minimum Gasteiger partial charge on any atom is -0.390 e. The van der Waals surface area contributed by atoms with Gasteiger partial charge < -0.3 is 10.2 Å². The molecule has 2 nitrogen and oxygen atoms in total. The first-order valence-corrected chi connectivity index (χ1v) is 9.03. The van der Waals surface area contributed by atoms with Crippen molar-refractivity contribution in [1.82, 2.24) is 0 Å². The quantitative estimate of drug-likeness (QED) is 0.739. The monoisotopic (exact) mass is 308 g/mol. The molecule has 2 N–H and O–H groups in total. The lowest BCUT2D eigenvalue weighted by atomic mass is 9.45. The van der Waals surface area contributed by atoms with Crippen LogP contribution in [0.3, 0.4) is 0 Å². The molecule has 22 heavy (non-hydrogen) atoms. The van der Waals surface area contributed by atoms with E-state index in [2.05, 4.69) is 27.4 Å². The van der Waals surface area contributed by atoms with Gasteiger partial charge in [-0.3, -0.25) is 0 Å². The molecule has 2 aliphatic rings. The van der Waals surface area contributed by atoms with Gasteiger partial charge in [-0.15, -0.1) is 6.58 Å². The van der Waals surface area contributed by atoms with Gasteiger partial charge in [-0.05, 0) is 75.0 Å². The van der Waals surface area contributed by atoms with E-state index in [-0.39, 0.29) is 11.3 Å². The summed E-state index contributed by atoms with van der Waals surface area (Å²) in [4.78, 5) is 0. The van der Waals surface area contributed by atoms with Crippen LogP contribution in [-0.4, -0.2) is 21.4 Å². The first-order valence-electron chi connectivity index (χ1n) is 9.03. The van der Waals surface area contributed by atoms with E-state index in [1.165, 1.54) is 19.3 Å². The van der Waals surface area contributed by atoms with Gasteiger partial charge in [-0.1, -0.05) is 33.3 Å². The maximum atomic E-state index is 11.1. The molecular weight excluding hydrogens is 272 g/mol. The summed E-state index contributed by atoms with van der Waals surface area (Å²) in [5, 5.41) is 21.4. The molecule has 0 aromatic carbocycles. The zero-order valence-electron chi connectivity index (χ0n) is 15.3. The van der Waals surface area contributed by atoms with E-state index in [0.717, 1.165) is 19.3 Å². The van der Waals surface area contributed by atoms with Crippen molar-refractivity contribution in [2.24, 2.45) is 22.7 Å². The zero-order valence-corrected chi connectivity index (χ0v) is 15.3. The fourth-order valence-corrected chi connectivity index (χ4v) is 5.80. The summed E-state index contributed by atoms with van der Waals surface area (Å²) in [5.74, 6) is 0.928. The van der Waals surface area contributed by atoms with Crippen LogP contribution in [0.5, 0.6) is 0 Å². The van der Waals surface area contributed by atoms with Crippen LogP contribution < -0.4 is 0 Å². The maximum absolute atomic E-state index is 11.1. The van der Waals surface area contributed by atoms with Crippen molar-refractivity contribution in [2.75, 3.05) is 0 Å². The Morgan fingerprint density at radius 3 is 2.41 bits per heavy atom. The van der Waals surface area contributed by atoms with Crippen molar-refractivity contribution in [3.8, 4) is 0 Å². The number of rotatable bonds is 4. The standard InChI is InChI=1S/C20H36O2/c1-7-18(4,21)13-9-16-19(5)12-8-11-17(2,3)15(19)10-14-20(16,6)22/h7,15-16,21-22H,1,8-14H2,2-6H3/t15-,16+,18-,19+,20+/m1/s1. The highest BCUT2D eigenvalue weighted by molar-refractivity contribution is 5.08. The summed E-state index contributed by atoms with van der Waals surface area (Å²) < 4.78 is 0. The minimum atomic E-state index is -0.830. The first kappa shape index (κ1) is 18.0. The Hall–Kier alpha value is -0.340.